The SMILES string of the molecule is NC(=O)CN1CCOCCN(CC(=O)O)CCN(CC(=O)O)CCOCCN(CC(O)O)CC1. The van der Waals surface area contributed by atoms with Gasteiger partial charge < -0.3 is 35.6 Å². The molecule has 1 heterocycles. The lowest BCUT2D eigenvalue weighted by molar-refractivity contribution is -0.140. The fourth-order valence-corrected chi connectivity index (χ4v) is 3.48. The van der Waals surface area contributed by atoms with Gasteiger partial charge in [-0.25, -0.2) is 0 Å². The lowest BCUT2D eigenvalue weighted by Crippen LogP contribution is -2.44. The van der Waals surface area contributed by atoms with Crippen LogP contribution in [0.2, 0.25) is 0 Å². The van der Waals surface area contributed by atoms with Gasteiger partial charge in [0.25, 0.3) is 0 Å². The third kappa shape index (κ3) is 15.8. The Kier molecular flexibility index (Phi) is 15.5. The number of aliphatic hydroxyl groups is 2. The summed E-state index contributed by atoms with van der Waals surface area (Å²) in [7, 11) is 0. The molecule has 1 aliphatic heterocycles. The van der Waals surface area contributed by atoms with Crippen molar-refractivity contribution >= 4 is 17.8 Å². The normalized spacial score (nSPS) is 20.6. The average molecular weight is 494 g/mol. The molecule has 0 saturated carbocycles. The van der Waals surface area contributed by atoms with E-state index in [1.165, 1.54) is 0 Å². The molecule has 0 bridgehead atoms. The van der Waals surface area contributed by atoms with Crippen molar-refractivity contribution in [1.29, 1.82) is 0 Å². The van der Waals surface area contributed by atoms with Crippen LogP contribution < -0.4 is 5.73 Å². The number of carboxylic acid groups (broad SMARTS) is 2. The number of hydrogen-bond donors (Lipinski definition) is 5. The molecule has 0 spiro atoms. The first-order valence-electron chi connectivity index (χ1n) is 11.3. The fourth-order valence-electron chi connectivity index (χ4n) is 3.48. The summed E-state index contributed by atoms with van der Waals surface area (Å²) >= 11 is 0. The van der Waals surface area contributed by atoms with Crippen LogP contribution in [0.1, 0.15) is 0 Å². The van der Waals surface area contributed by atoms with Gasteiger partial charge in [-0.1, -0.05) is 0 Å². The first-order chi connectivity index (χ1) is 16.2. The molecule has 1 saturated heterocycles. The summed E-state index contributed by atoms with van der Waals surface area (Å²) < 4.78 is 11.3. The van der Waals surface area contributed by atoms with E-state index in [4.69, 9.17) is 15.2 Å². The Labute approximate surface area is 199 Å². The molecule has 0 radical (unpaired) electrons. The summed E-state index contributed by atoms with van der Waals surface area (Å²) in [5, 5.41) is 37.1. The Morgan fingerprint density at radius 2 is 1.00 bits per heavy atom. The molecule has 14 nitrogen and oxygen atoms in total. The summed E-state index contributed by atoms with van der Waals surface area (Å²) in [5.41, 5.74) is 5.34. The van der Waals surface area contributed by atoms with E-state index in [9.17, 15) is 34.8 Å². The third-order valence-electron chi connectivity index (χ3n) is 5.19. The minimum absolute atomic E-state index is 0.00875. The average Bonchev–Trinajstić information content (AvgIpc) is 2.72. The van der Waals surface area contributed by atoms with E-state index >= 15 is 0 Å². The van der Waals surface area contributed by atoms with Crippen molar-refractivity contribution in [2.75, 3.05) is 105 Å². The quantitative estimate of drug-likeness (QED) is 0.207. The van der Waals surface area contributed by atoms with E-state index in [1.807, 2.05) is 4.90 Å². The van der Waals surface area contributed by atoms with Crippen LogP contribution >= 0.6 is 0 Å². The van der Waals surface area contributed by atoms with Crippen LogP contribution in [0, 0.1) is 0 Å². The van der Waals surface area contributed by atoms with Gasteiger partial charge in [-0.3, -0.25) is 34.0 Å². The number of nitrogens with two attached hydrogens (primary N) is 1. The topological polar surface area (TPSA) is 190 Å². The predicted octanol–water partition coefficient (Wildman–Crippen LogP) is -3.79. The van der Waals surface area contributed by atoms with Gasteiger partial charge in [0.05, 0.1) is 46.1 Å². The Bertz CT molecular complexity index is 611. The van der Waals surface area contributed by atoms with Crippen molar-refractivity contribution in [3.05, 3.63) is 0 Å². The maximum Gasteiger partial charge on any atom is 0.317 e. The minimum Gasteiger partial charge on any atom is -0.480 e. The number of β-amino-alcohol motifs (C(OH)–C–C–N with tert-alkyl or cyclic N) is 2. The second kappa shape index (κ2) is 17.5. The van der Waals surface area contributed by atoms with Crippen molar-refractivity contribution in [2.24, 2.45) is 5.73 Å². The van der Waals surface area contributed by atoms with Crippen LogP contribution in [0.5, 0.6) is 0 Å². The molecule has 1 fully saturated rings. The monoisotopic (exact) mass is 493 g/mol. The lowest BCUT2D eigenvalue weighted by atomic mass is 10.3. The number of aliphatic carboxylic acids is 2. The molecular weight excluding hydrogens is 454 g/mol. The van der Waals surface area contributed by atoms with E-state index in [0.29, 0.717) is 59.0 Å². The van der Waals surface area contributed by atoms with E-state index in [-0.39, 0.29) is 46.0 Å². The number of hydrogen-bond acceptors (Lipinski definition) is 11. The summed E-state index contributed by atoms with van der Waals surface area (Å²) in [5.74, 6) is -2.46. The highest BCUT2D eigenvalue weighted by Crippen LogP contribution is 1.99. The maximum absolute atomic E-state index is 11.4. The van der Waals surface area contributed by atoms with Crippen molar-refractivity contribution < 1.29 is 44.3 Å². The second-order valence-electron chi connectivity index (χ2n) is 8.09. The number of carbonyl (C=O) groups excluding carboxylic acids is 1. The Morgan fingerprint density at radius 3 is 1.35 bits per heavy atom. The van der Waals surface area contributed by atoms with Crippen LogP contribution in [-0.2, 0) is 23.9 Å². The third-order valence-corrected chi connectivity index (χ3v) is 5.19. The van der Waals surface area contributed by atoms with Crippen LogP contribution in [-0.4, -0.2) is 169 Å². The number of aliphatic hydroxyl groups excluding tert-OH is 1. The molecule has 0 aromatic carbocycles. The number of primary amides is 1. The van der Waals surface area contributed by atoms with Gasteiger partial charge in [0.15, 0.2) is 6.29 Å². The molecule has 1 amide bonds. The fraction of sp³-hybridized carbons (Fsp3) is 0.850. The zero-order valence-corrected chi connectivity index (χ0v) is 19.6. The maximum atomic E-state index is 11.4. The molecule has 0 aliphatic carbocycles. The predicted molar refractivity (Wildman–Crippen MR) is 120 cm³/mol. The van der Waals surface area contributed by atoms with Crippen LogP contribution in [0.4, 0.5) is 0 Å². The second-order valence-corrected chi connectivity index (χ2v) is 8.09. The van der Waals surface area contributed by atoms with Gasteiger partial charge >= 0.3 is 11.9 Å². The van der Waals surface area contributed by atoms with Crippen molar-refractivity contribution in [3.8, 4) is 0 Å². The van der Waals surface area contributed by atoms with E-state index in [2.05, 4.69) is 0 Å². The highest BCUT2D eigenvalue weighted by atomic mass is 16.5. The zero-order chi connectivity index (χ0) is 25.3. The Hall–Kier alpha value is -1.91. The molecule has 198 valence electrons. The number of nitrogens with zero attached hydrogens (tertiary/aromatic N) is 4. The van der Waals surface area contributed by atoms with Gasteiger partial charge in [0, 0.05) is 58.9 Å². The van der Waals surface area contributed by atoms with Crippen LogP contribution in [0.3, 0.4) is 0 Å². The number of amides is 1. The summed E-state index contributed by atoms with van der Waals surface area (Å²) in [6, 6.07) is 0. The highest BCUT2D eigenvalue weighted by molar-refractivity contribution is 5.75. The summed E-state index contributed by atoms with van der Waals surface area (Å²) in [6.07, 6.45) is -1.52. The summed E-state index contributed by atoms with van der Waals surface area (Å²) in [4.78, 5) is 40.8. The molecule has 0 aromatic rings. The first-order valence-corrected chi connectivity index (χ1v) is 11.3. The molecule has 1 aliphatic rings. The molecule has 34 heavy (non-hydrogen) atoms. The molecule has 14 heteroatoms. The van der Waals surface area contributed by atoms with Crippen molar-refractivity contribution in [2.45, 2.75) is 6.29 Å². The first kappa shape index (κ1) is 30.1. The largest absolute Gasteiger partial charge is 0.480 e. The molecule has 0 atom stereocenters. The number of carbonyl (C=O) groups is 3. The molecule has 0 unspecified atom stereocenters. The smallest absolute Gasteiger partial charge is 0.317 e. The number of carboxylic acids is 2. The Morgan fingerprint density at radius 1 is 0.647 bits per heavy atom. The highest BCUT2D eigenvalue weighted by Gasteiger charge is 2.17. The standard InChI is InChI=1S/C20H39N5O9/c21-17(26)13-22-1-2-23(14-18(27)28)6-11-34-12-8-25(16-20(31)32)4-3-24(15-19(29)30)7-10-33-9-5-22/h18,27-28H,1-16H2,(H2,21,26)(H,29,30)(H,31,32). The van der Waals surface area contributed by atoms with Gasteiger partial charge in [0.2, 0.25) is 5.91 Å². The molecule has 0 aromatic heterocycles. The molecule has 6 N–H and O–H groups in total. The van der Waals surface area contributed by atoms with E-state index < -0.39 is 24.1 Å². The number of ether oxygens (including phenoxy) is 2. The minimum atomic E-state index is -1.52. The van der Waals surface area contributed by atoms with Gasteiger partial charge in [0.1, 0.15) is 0 Å². The summed E-state index contributed by atoms with van der Waals surface area (Å²) in [6.45, 7) is 3.85. The zero-order valence-electron chi connectivity index (χ0n) is 19.6. The van der Waals surface area contributed by atoms with Crippen molar-refractivity contribution in [1.82, 2.24) is 19.6 Å². The van der Waals surface area contributed by atoms with Crippen LogP contribution in [0.25, 0.3) is 0 Å². The van der Waals surface area contributed by atoms with Gasteiger partial charge in [-0.15, -0.1) is 0 Å². The molecular formula is C20H39N5O9. The van der Waals surface area contributed by atoms with Crippen LogP contribution in [0.15, 0.2) is 0 Å². The number of rotatable bonds is 8. The van der Waals surface area contributed by atoms with Gasteiger partial charge in [-0.05, 0) is 0 Å². The molecule has 1 rings (SSSR count). The lowest BCUT2D eigenvalue weighted by Gasteiger charge is -2.28. The van der Waals surface area contributed by atoms with Gasteiger partial charge in [-0.2, -0.15) is 0 Å². The Balaban J connectivity index is 2.81. The van der Waals surface area contributed by atoms with E-state index in [1.54, 1.807) is 14.7 Å². The van der Waals surface area contributed by atoms with Crippen molar-refractivity contribution in [3.63, 3.8) is 0 Å². The van der Waals surface area contributed by atoms with E-state index in [0.717, 1.165) is 0 Å².